The van der Waals surface area contributed by atoms with E-state index in [0.717, 1.165) is 5.56 Å². The highest BCUT2D eigenvalue weighted by atomic mass is 16.5. The molecule has 2 N–H and O–H groups in total. The lowest BCUT2D eigenvalue weighted by atomic mass is 10.1. The quantitative estimate of drug-likeness (QED) is 0.771. The predicted molar refractivity (Wildman–Crippen MR) is 59.3 cm³/mol. The van der Waals surface area contributed by atoms with Crippen LogP contribution in [0.4, 0.5) is 0 Å². The summed E-state index contributed by atoms with van der Waals surface area (Å²) in [6.07, 6.45) is -2.05. The van der Waals surface area contributed by atoms with Gasteiger partial charge in [-0.25, -0.2) is 0 Å². The van der Waals surface area contributed by atoms with E-state index in [1.54, 1.807) is 30.3 Å². The molecule has 1 aromatic carbocycles. The van der Waals surface area contributed by atoms with Crippen molar-refractivity contribution >= 4 is 5.97 Å². The van der Waals surface area contributed by atoms with Crippen LogP contribution in [0.5, 0.6) is 0 Å². The minimum absolute atomic E-state index is 0.133. The van der Waals surface area contributed by atoms with E-state index in [4.69, 9.17) is 14.0 Å². The van der Waals surface area contributed by atoms with Crippen molar-refractivity contribution in [1.82, 2.24) is 0 Å². The van der Waals surface area contributed by atoms with E-state index in [1.807, 2.05) is 0 Å². The van der Waals surface area contributed by atoms with Crippen molar-refractivity contribution in [2.45, 2.75) is 32.3 Å². The highest BCUT2D eigenvalue weighted by molar-refractivity contribution is 5.76. The zero-order valence-electron chi connectivity index (χ0n) is 14.1. The molecule has 0 spiro atoms. The Morgan fingerprint density at radius 3 is 2.73 bits per heavy atom. The maximum atomic E-state index is 11.8. The monoisotopic (exact) mass is 213 g/mol. The minimum Gasteiger partial charge on any atom is -0.462 e. The van der Waals surface area contributed by atoms with Crippen LogP contribution >= 0.6 is 0 Å². The highest BCUT2D eigenvalue weighted by Crippen LogP contribution is 2.03. The Kier molecular flexibility index (Phi) is 2.08. The van der Waals surface area contributed by atoms with Crippen molar-refractivity contribution in [3.05, 3.63) is 35.9 Å². The third-order valence-corrected chi connectivity index (χ3v) is 1.84. The molecule has 15 heavy (non-hydrogen) atoms. The topological polar surface area (TPSA) is 52.3 Å². The lowest BCUT2D eigenvalue weighted by Crippen LogP contribution is -2.35. The molecule has 0 heterocycles. The molecule has 0 aliphatic rings. The van der Waals surface area contributed by atoms with Crippen molar-refractivity contribution in [1.29, 1.82) is 0 Å². The van der Waals surface area contributed by atoms with Gasteiger partial charge in [0, 0.05) is 8.22 Å². The smallest absolute Gasteiger partial charge is 0.323 e. The van der Waals surface area contributed by atoms with E-state index >= 15 is 0 Å². The first-order valence-electron chi connectivity index (χ1n) is 7.52. The molecule has 0 aromatic heterocycles. The third kappa shape index (κ3) is 4.13. The summed E-state index contributed by atoms with van der Waals surface area (Å²) in [5, 5.41) is 0. The number of nitrogens with two attached hydrogens (primary N) is 1. The van der Waals surface area contributed by atoms with Crippen molar-refractivity contribution in [3.63, 3.8) is 0 Å². The van der Waals surface area contributed by atoms with Crippen molar-refractivity contribution in [3.8, 4) is 0 Å². The van der Waals surface area contributed by atoms with Crippen LogP contribution in [-0.2, 0) is 16.0 Å². The summed E-state index contributed by atoms with van der Waals surface area (Å²) in [5.74, 6) is -1.05. The molecule has 0 bridgehead atoms. The number of rotatable bonds is 4. The second-order valence-corrected chi connectivity index (χ2v) is 3.11. The average molecular weight is 213 g/mol. The fourth-order valence-corrected chi connectivity index (χ4v) is 1.15. The van der Waals surface area contributed by atoms with E-state index in [0.29, 0.717) is 0 Å². The molecule has 0 saturated carbocycles. The average Bonchev–Trinajstić information content (AvgIpc) is 2.34. The molecule has 0 aliphatic carbocycles. The molecule has 0 radical (unpaired) electrons. The fourth-order valence-electron chi connectivity index (χ4n) is 1.15. The van der Waals surface area contributed by atoms with Gasteiger partial charge in [-0.05, 0) is 25.7 Å². The minimum atomic E-state index is -2.94. The zero-order valence-corrected chi connectivity index (χ0v) is 8.14. The van der Waals surface area contributed by atoms with E-state index < -0.39 is 31.8 Å². The van der Waals surface area contributed by atoms with Crippen LogP contribution in [-0.4, -0.2) is 18.1 Å². The first-order chi connectivity index (χ1) is 9.51. The predicted octanol–water partition coefficient (Wildman–Crippen LogP) is 1.51. The van der Waals surface area contributed by atoms with Gasteiger partial charge in [-0.3, -0.25) is 4.79 Å². The SMILES string of the molecule is [2H]C([2H])([2H])C(OC(=O)[C@@H](N)Cc1ccccc1)C([2H])([2H])[2H]. The van der Waals surface area contributed by atoms with E-state index in [2.05, 4.69) is 4.74 Å². The normalized spacial score (nSPS) is 20.1. The van der Waals surface area contributed by atoms with Crippen LogP contribution < -0.4 is 5.73 Å². The van der Waals surface area contributed by atoms with Crippen molar-refractivity contribution in [2.24, 2.45) is 5.73 Å². The number of hydrogen-bond donors (Lipinski definition) is 1. The first-order valence-corrected chi connectivity index (χ1v) is 4.52. The van der Waals surface area contributed by atoms with Gasteiger partial charge in [0.15, 0.2) is 0 Å². The summed E-state index contributed by atoms with van der Waals surface area (Å²) in [6.45, 7) is -5.87. The molecule has 82 valence electrons. The number of esters is 1. The summed E-state index contributed by atoms with van der Waals surface area (Å²) < 4.78 is 47.6. The Hall–Kier alpha value is -1.35. The largest absolute Gasteiger partial charge is 0.462 e. The van der Waals surface area contributed by atoms with Gasteiger partial charge >= 0.3 is 5.97 Å². The molecular weight excluding hydrogens is 190 g/mol. The number of carbonyl (C=O) groups excluding carboxylic acids is 1. The van der Waals surface area contributed by atoms with Crippen LogP contribution in [0, 0.1) is 0 Å². The summed E-state index contributed by atoms with van der Waals surface area (Å²) in [7, 11) is 0. The van der Waals surface area contributed by atoms with Crippen LogP contribution in [0.2, 0.25) is 0 Å². The van der Waals surface area contributed by atoms with Gasteiger partial charge in [0.25, 0.3) is 0 Å². The summed E-state index contributed by atoms with van der Waals surface area (Å²) in [4.78, 5) is 11.8. The van der Waals surface area contributed by atoms with Gasteiger partial charge in [-0.15, -0.1) is 0 Å². The van der Waals surface area contributed by atoms with Crippen LogP contribution in [0.25, 0.3) is 0 Å². The lowest BCUT2D eigenvalue weighted by Gasteiger charge is -2.13. The zero-order chi connectivity index (χ0) is 16.3. The Morgan fingerprint density at radius 2 is 2.13 bits per heavy atom. The summed E-state index contributed by atoms with van der Waals surface area (Å²) in [5.41, 5.74) is 6.41. The van der Waals surface area contributed by atoms with Gasteiger partial charge in [-0.2, -0.15) is 0 Å². The molecule has 0 amide bonds. The molecule has 3 heteroatoms. The van der Waals surface area contributed by atoms with Crippen molar-refractivity contribution in [2.75, 3.05) is 0 Å². The second-order valence-electron chi connectivity index (χ2n) is 3.11. The van der Waals surface area contributed by atoms with Crippen LogP contribution in [0.1, 0.15) is 27.5 Å². The van der Waals surface area contributed by atoms with Crippen molar-refractivity contribution < 1.29 is 17.8 Å². The molecular formula is C12H17NO2. The lowest BCUT2D eigenvalue weighted by molar-refractivity contribution is -0.148. The molecule has 3 nitrogen and oxygen atoms in total. The number of hydrogen-bond acceptors (Lipinski definition) is 3. The fraction of sp³-hybridized carbons (Fsp3) is 0.417. The molecule has 0 aliphatic heterocycles. The molecule has 0 fully saturated rings. The van der Waals surface area contributed by atoms with E-state index in [9.17, 15) is 4.79 Å². The van der Waals surface area contributed by atoms with Gasteiger partial charge in [0.2, 0.25) is 0 Å². The van der Waals surface area contributed by atoms with Crippen LogP contribution in [0.15, 0.2) is 30.3 Å². The molecule has 1 rings (SSSR count). The Morgan fingerprint density at radius 1 is 1.47 bits per heavy atom. The molecule has 0 unspecified atom stereocenters. The number of benzene rings is 1. The molecule has 1 aromatic rings. The Balaban J connectivity index is 2.74. The highest BCUT2D eigenvalue weighted by Gasteiger charge is 2.16. The van der Waals surface area contributed by atoms with Gasteiger partial charge < -0.3 is 10.5 Å². The van der Waals surface area contributed by atoms with E-state index in [-0.39, 0.29) is 6.42 Å². The summed E-state index contributed by atoms with van der Waals surface area (Å²) in [6, 6.07) is 7.70. The Bertz CT molecular complexity index is 457. The van der Waals surface area contributed by atoms with Gasteiger partial charge in [0.05, 0.1) is 6.10 Å². The van der Waals surface area contributed by atoms with Gasteiger partial charge in [-0.1, -0.05) is 30.3 Å². The summed E-state index contributed by atoms with van der Waals surface area (Å²) >= 11 is 0. The first kappa shape index (κ1) is 5.66. The Labute approximate surface area is 98.7 Å². The maximum Gasteiger partial charge on any atom is 0.323 e. The third-order valence-electron chi connectivity index (χ3n) is 1.84. The number of carbonyl (C=O) groups is 1. The molecule has 0 saturated heterocycles. The number of ether oxygens (including phenoxy) is 1. The van der Waals surface area contributed by atoms with Gasteiger partial charge in [0.1, 0.15) is 6.04 Å². The second kappa shape index (κ2) is 5.51. The van der Waals surface area contributed by atoms with Crippen LogP contribution in [0.3, 0.4) is 0 Å². The molecule has 1 atom stereocenters. The van der Waals surface area contributed by atoms with E-state index in [1.165, 1.54) is 0 Å². The standard InChI is InChI=1S/C12H17NO2/c1-9(2)15-12(14)11(13)8-10-6-4-3-5-7-10/h3-7,9,11H,8,13H2,1-2H3/t11-/m0/s1/i1D3,2D3. The maximum absolute atomic E-state index is 11.8.